The molecule has 1 aromatic carbocycles. The van der Waals surface area contributed by atoms with Gasteiger partial charge in [0.25, 0.3) is 5.91 Å². The summed E-state index contributed by atoms with van der Waals surface area (Å²) in [6.45, 7) is 4.85. The van der Waals surface area contributed by atoms with Gasteiger partial charge in [-0.1, -0.05) is 25.1 Å². The molecule has 3 rings (SSSR count). The lowest BCUT2D eigenvalue weighted by molar-refractivity contribution is 0.0787. The van der Waals surface area contributed by atoms with Crippen LogP contribution in [0.15, 0.2) is 29.6 Å². The average molecular weight is 417 g/mol. The molecule has 8 heteroatoms. The highest BCUT2D eigenvalue weighted by molar-refractivity contribution is 7.09. The van der Waals surface area contributed by atoms with Crippen LogP contribution in [-0.2, 0) is 17.7 Å². The summed E-state index contributed by atoms with van der Waals surface area (Å²) >= 11 is 1.41. The highest BCUT2D eigenvalue weighted by Gasteiger charge is 2.23. The van der Waals surface area contributed by atoms with Crippen LogP contribution in [0, 0.1) is 0 Å². The molecule has 0 radical (unpaired) electrons. The number of nitrogens with zero attached hydrogens (tertiary/aromatic N) is 3. The average Bonchev–Trinajstić information content (AvgIpc) is 3.43. The van der Waals surface area contributed by atoms with E-state index in [0.29, 0.717) is 25.4 Å². The minimum Gasteiger partial charge on any atom is -0.383 e. The van der Waals surface area contributed by atoms with Crippen molar-refractivity contribution < 1.29 is 14.3 Å². The Kier molecular flexibility index (Phi) is 7.60. The van der Waals surface area contributed by atoms with Crippen LogP contribution < -0.4 is 5.32 Å². The number of ether oxygens (including phenoxy) is 1. The topological polar surface area (TPSA) is 74.8 Å². The third-order valence-electron chi connectivity index (χ3n) is 4.98. The first-order chi connectivity index (χ1) is 14.1. The normalized spacial score (nSPS) is 13.5. The second kappa shape index (κ2) is 10.4. The number of methoxy groups -OCH3 is 1. The summed E-state index contributed by atoms with van der Waals surface area (Å²) in [6.07, 6.45) is 2.93. The molecular formula is C21H28N4O3S. The molecule has 0 atom stereocenters. The van der Waals surface area contributed by atoms with Crippen LogP contribution in [0.4, 0.5) is 10.5 Å². The number of benzene rings is 1. The molecular weight excluding hydrogens is 388 g/mol. The molecule has 0 spiro atoms. The van der Waals surface area contributed by atoms with E-state index in [0.717, 1.165) is 48.6 Å². The summed E-state index contributed by atoms with van der Waals surface area (Å²) in [5.41, 5.74) is 2.36. The fourth-order valence-electron chi connectivity index (χ4n) is 3.33. The zero-order chi connectivity index (χ0) is 20.6. The number of likely N-dealkylation sites (tertiary alicyclic amines) is 1. The molecule has 1 aliphatic heterocycles. The second-order valence-corrected chi connectivity index (χ2v) is 7.92. The SMILES string of the molecule is CCc1ccccc1NC(=O)N(CCOC)Cc1nc(C(=O)N2CCCC2)cs1. The maximum absolute atomic E-state index is 12.9. The Morgan fingerprint density at radius 3 is 2.76 bits per heavy atom. The zero-order valence-electron chi connectivity index (χ0n) is 17.0. The Hall–Kier alpha value is -2.45. The van der Waals surface area contributed by atoms with Gasteiger partial charge in [0.2, 0.25) is 0 Å². The molecule has 0 aliphatic carbocycles. The number of para-hydroxylation sites is 1. The first kappa shape index (κ1) is 21.3. The van der Waals surface area contributed by atoms with Crippen LogP contribution in [0.25, 0.3) is 0 Å². The van der Waals surface area contributed by atoms with Crippen LogP contribution in [0.3, 0.4) is 0 Å². The fourth-order valence-corrected chi connectivity index (χ4v) is 4.11. The molecule has 0 bridgehead atoms. The largest absolute Gasteiger partial charge is 0.383 e. The van der Waals surface area contributed by atoms with Crippen molar-refractivity contribution in [3.63, 3.8) is 0 Å². The number of nitrogens with one attached hydrogen (secondary N) is 1. The third-order valence-corrected chi connectivity index (χ3v) is 5.82. The minimum atomic E-state index is -0.203. The molecule has 1 fully saturated rings. The Labute approximate surface area is 175 Å². The lowest BCUT2D eigenvalue weighted by atomic mass is 10.1. The first-order valence-corrected chi connectivity index (χ1v) is 10.9. The predicted molar refractivity (Wildman–Crippen MR) is 114 cm³/mol. The molecule has 156 valence electrons. The lowest BCUT2D eigenvalue weighted by Gasteiger charge is -2.22. The van der Waals surface area contributed by atoms with Crippen LogP contribution in [0.1, 0.15) is 40.8 Å². The summed E-state index contributed by atoms with van der Waals surface area (Å²) in [7, 11) is 1.61. The quantitative estimate of drug-likeness (QED) is 0.713. The third kappa shape index (κ3) is 5.55. The van der Waals surface area contributed by atoms with Crippen LogP contribution in [0.5, 0.6) is 0 Å². The van der Waals surface area contributed by atoms with E-state index in [-0.39, 0.29) is 11.9 Å². The van der Waals surface area contributed by atoms with E-state index in [1.54, 1.807) is 17.4 Å². The maximum Gasteiger partial charge on any atom is 0.322 e. The Balaban J connectivity index is 1.68. The number of anilines is 1. The van der Waals surface area contributed by atoms with Gasteiger partial charge < -0.3 is 19.9 Å². The van der Waals surface area contributed by atoms with Gasteiger partial charge in [-0.05, 0) is 30.9 Å². The zero-order valence-corrected chi connectivity index (χ0v) is 17.8. The van der Waals surface area contributed by atoms with Gasteiger partial charge in [-0.15, -0.1) is 11.3 Å². The molecule has 2 heterocycles. The first-order valence-electron chi connectivity index (χ1n) is 9.98. The highest BCUT2D eigenvalue weighted by Crippen LogP contribution is 2.19. The van der Waals surface area contributed by atoms with E-state index < -0.39 is 0 Å². The van der Waals surface area contributed by atoms with Crippen LogP contribution in [-0.4, -0.2) is 60.1 Å². The summed E-state index contributed by atoms with van der Waals surface area (Å²) < 4.78 is 5.17. The Bertz CT molecular complexity index is 833. The highest BCUT2D eigenvalue weighted by atomic mass is 32.1. The van der Waals surface area contributed by atoms with Crippen molar-refractivity contribution in [2.24, 2.45) is 0 Å². The molecule has 2 aromatic rings. The van der Waals surface area contributed by atoms with Crippen molar-refractivity contribution in [2.75, 3.05) is 38.7 Å². The summed E-state index contributed by atoms with van der Waals surface area (Å²) in [6, 6.07) is 7.58. The second-order valence-electron chi connectivity index (χ2n) is 6.98. The number of carbonyl (C=O) groups is 2. The minimum absolute atomic E-state index is 0.0187. The van der Waals surface area contributed by atoms with E-state index in [1.807, 2.05) is 29.2 Å². The molecule has 1 saturated heterocycles. The summed E-state index contributed by atoms with van der Waals surface area (Å²) in [4.78, 5) is 33.4. The summed E-state index contributed by atoms with van der Waals surface area (Å²) in [5.74, 6) is -0.0187. The fraction of sp³-hybridized carbons (Fsp3) is 0.476. The van der Waals surface area contributed by atoms with Gasteiger partial charge in [0.1, 0.15) is 10.7 Å². The van der Waals surface area contributed by atoms with Crippen molar-refractivity contribution in [1.29, 1.82) is 0 Å². The van der Waals surface area contributed by atoms with Crippen molar-refractivity contribution in [1.82, 2.24) is 14.8 Å². The molecule has 1 aromatic heterocycles. The molecule has 29 heavy (non-hydrogen) atoms. The predicted octanol–water partition coefficient (Wildman–Crippen LogP) is 3.62. The van der Waals surface area contributed by atoms with Gasteiger partial charge in [0.05, 0.1) is 13.2 Å². The number of aryl methyl sites for hydroxylation is 1. The number of amides is 3. The van der Waals surface area contributed by atoms with E-state index >= 15 is 0 Å². The Morgan fingerprint density at radius 2 is 2.03 bits per heavy atom. The molecule has 0 unspecified atom stereocenters. The molecule has 3 amide bonds. The number of hydrogen-bond donors (Lipinski definition) is 1. The van der Waals surface area contributed by atoms with Gasteiger partial charge in [0, 0.05) is 37.8 Å². The van der Waals surface area contributed by atoms with Crippen molar-refractivity contribution in [3.05, 3.63) is 45.9 Å². The summed E-state index contributed by atoms with van der Waals surface area (Å²) in [5, 5.41) is 5.52. The monoisotopic (exact) mass is 416 g/mol. The van der Waals surface area contributed by atoms with Crippen LogP contribution in [0.2, 0.25) is 0 Å². The number of rotatable bonds is 8. The smallest absolute Gasteiger partial charge is 0.322 e. The van der Waals surface area contributed by atoms with Gasteiger partial charge in [-0.2, -0.15) is 0 Å². The lowest BCUT2D eigenvalue weighted by Crippen LogP contribution is -2.37. The number of carbonyl (C=O) groups excluding carboxylic acids is 2. The van der Waals surface area contributed by atoms with Crippen LogP contribution >= 0.6 is 11.3 Å². The number of aromatic nitrogens is 1. The standard InChI is InChI=1S/C21H28N4O3S/c1-3-16-8-4-5-9-17(16)23-21(27)25(12-13-28-2)14-19-22-18(15-29-19)20(26)24-10-6-7-11-24/h4-5,8-9,15H,3,6-7,10-14H2,1-2H3,(H,23,27). The van der Waals surface area contributed by atoms with Gasteiger partial charge >= 0.3 is 6.03 Å². The van der Waals surface area contributed by atoms with E-state index in [4.69, 9.17) is 4.74 Å². The number of thiazole rings is 1. The van der Waals surface area contributed by atoms with E-state index in [9.17, 15) is 9.59 Å². The van der Waals surface area contributed by atoms with E-state index in [2.05, 4.69) is 17.2 Å². The van der Waals surface area contributed by atoms with E-state index in [1.165, 1.54) is 11.3 Å². The maximum atomic E-state index is 12.9. The molecule has 1 N–H and O–H groups in total. The number of hydrogen-bond acceptors (Lipinski definition) is 5. The molecule has 0 saturated carbocycles. The van der Waals surface area contributed by atoms with Gasteiger partial charge in [-0.25, -0.2) is 9.78 Å². The van der Waals surface area contributed by atoms with Crippen molar-refractivity contribution in [3.8, 4) is 0 Å². The molecule has 7 nitrogen and oxygen atoms in total. The van der Waals surface area contributed by atoms with Gasteiger partial charge in [0.15, 0.2) is 0 Å². The Morgan fingerprint density at radius 1 is 1.28 bits per heavy atom. The number of urea groups is 1. The van der Waals surface area contributed by atoms with Crippen molar-refractivity contribution in [2.45, 2.75) is 32.7 Å². The molecule has 1 aliphatic rings. The van der Waals surface area contributed by atoms with Gasteiger partial charge in [-0.3, -0.25) is 4.79 Å². The van der Waals surface area contributed by atoms with Crippen molar-refractivity contribution >= 4 is 29.0 Å².